The van der Waals surface area contributed by atoms with Crippen LogP contribution in [0.1, 0.15) is 36.6 Å². The number of rotatable bonds is 8. The van der Waals surface area contributed by atoms with Crippen molar-refractivity contribution in [3.05, 3.63) is 48.0 Å². The number of hydrogen-bond donors (Lipinski definition) is 0. The molecule has 0 aliphatic carbocycles. The highest BCUT2D eigenvalue weighted by Crippen LogP contribution is 2.37. The van der Waals surface area contributed by atoms with Crippen LogP contribution in [0.3, 0.4) is 0 Å². The second kappa shape index (κ2) is 9.77. The molecule has 1 aromatic heterocycles. The van der Waals surface area contributed by atoms with E-state index >= 15 is 0 Å². The Labute approximate surface area is 174 Å². The third-order valence-electron chi connectivity index (χ3n) is 5.80. The van der Waals surface area contributed by atoms with Gasteiger partial charge in [0, 0.05) is 31.8 Å². The van der Waals surface area contributed by atoms with Crippen molar-refractivity contribution in [3.8, 4) is 5.75 Å². The standard InChI is InChI=1S/C22H33ClN4O/c1-25(2)20(23)11-16-28-19-7-5-17(6-8-19)21(22-24-12-15-27(22)4)18-9-13-26(3)14-10-18/h5-8,12,15,18,20-21H,9-11,13-14,16H2,1-4H3. The lowest BCUT2D eigenvalue weighted by Crippen LogP contribution is -2.33. The maximum Gasteiger partial charge on any atom is 0.119 e. The minimum atomic E-state index is -0.00324. The first-order valence-electron chi connectivity index (χ1n) is 10.1. The van der Waals surface area contributed by atoms with Crippen molar-refractivity contribution in [2.75, 3.05) is 40.8 Å². The van der Waals surface area contributed by atoms with E-state index in [1.54, 1.807) is 0 Å². The highest BCUT2D eigenvalue weighted by molar-refractivity contribution is 6.20. The number of alkyl halides is 1. The largest absolute Gasteiger partial charge is 0.493 e. The van der Waals surface area contributed by atoms with Crippen LogP contribution in [0.2, 0.25) is 0 Å². The lowest BCUT2D eigenvalue weighted by atomic mass is 9.79. The summed E-state index contributed by atoms with van der Waals surface area (Å²) in [5.74, 6) is 2.98. The maximum absolute atomic E-state index is 6.25. The first-order valence-corrected chi connectivity index (χ1v) is 10.6. The predicted molar refractivity (Wildman–Crippen MR) is 115 cm³/mol. The Balaban J connectivity index is 1.71. The summed E-state index contributed by atoms with van der Waals surface area (Å²) in [6, 6.07) is 8.58. The minimum absolute atomic E-state index is 0.00324. The summed E-state index contributed by atoms with van der Waals surface area (Å²) in [5, 5.41) is 0. The smallest absolute Gasteiger partial charge is 0.119 e. The number of likely N-dealkylation sites (tertiary alicyclic amines) is 1. The molecule has 0 amide bonds. The fourth-order valence-electron chi connectivity index (χ4n) is 3.97. The van der Waals surface area contributed by atoms with Crippen molar-refractivity contribution in [2.24, 2.45) is 13.0 Å². The van der Waals surface area contributed by atoms with Crippen LogP contribution in [0.4, 0.5) is 0 Å². The number of imidazole rings is 1. The Morgan fingerprint density at radius 3 is 2.43 bits per heavy atom. The summed E-state index contributed by atoms with van der Waals surface area (Å²) in [5.41, 5.74) is 1.32. The molecular formula is C22H33ClN4O. The molecule has 1 fully saturated rings. The van der Waals surface area contributed by atoms with Crippen molar-refractivity contribution in [1.82, 2.24) is 19.4 Å². The van der Waals surface area contributed by atoms with Gasteiger partial charge in [0.2, 0.25) is 0 Å². The normalized spacial score (nSPS) is 18.4. The molecule has 28 heavy (non-hydrogen) atoms. The van der Waals surface area contributed by atoms with Gasteiger partial charge >= 0.3 is 0 Å². The second-order valence-electron chi connectivity index (χ2n) is 8.12. The van der Waals surface area contributed by atoms with Gasteiger partial charge in [-0.1, -0.05) is 12.1 Å². The van der Waals surface area contributed by atoms with Crippen molar-refractivity contribution in [3.63, 3.8) is 0 Å². The van der Waals surface area contributed by atoms with Gasteiger partial charge in [-0.2, -0.15) is 0 Å². The van der Waals surface area contributed by atoms with Crippen LogP contribution in [0, 0.1) is 5.92 Å². The summed E-state index contributed by atoms with van der Waals surface area (Å²) in [6.45, 7) is 2.92. The van der Waals surface area contributed by atoms with Crippen LogP contribution < -0.4 is 4.74 Å². The van der Waals surface area contributed by atoms with Crippen LogP contribution in [0.15, 0.2) is 36.7 Å². The SMILES string of the molecule is CN1CCC(C(c2ccc(OCCC(Cl)N(C)C)cc2)c2nccn2C)CC1. The number of halogens is 1. The van der Waals surface area contributed by atoms with Crippen LogP contribution >= 0.6 is 11.6 Å². The van der Waals surface area contributed by atoms with E-state index < -0.39 is 0 Å². The van der Waals surface area contributed by atoms with Gasteiger partial charge in [0.15, 0.2) is 0 Å². The number of aromatic nitrogens is 2. The minimum Gasteiger partial charge on any atom is -0.493 e. The second-order valence-corrected chi connectivity index (χ2v) is 8.62. The van der Waals surface area contributed by atoms with E-state index in [2.05, 4.69) is 47.8 Å². The summed E-state index contributed by atoms with van der Waals surface area (Å²) in [6.07, 6.45) is 7.15. The zero-order valence-corrected chi connectivity index (χ0v) is 18.3. The molecule has 0 radical (unpaired) electrons. The Hall–Kier alpha value is -1.56. The molecule has 0 saturated carbocycles. The molecule has 5 nitrogen and oxygen atoms in total. The molecule has 1 saturated heterocycles. The molecule has 2 heterocycles. The van der Waals surface area contributed by atoms with E-state index in [1.807, 2.05) is 31.4 Å². The molecule has 1 aliphatic heterocycles. The first-order chi connectivity index (χ1) is 13.5. The quantitative estimate of drug-likeness (QED) is 0.495. The Bertz CT molecular complexity index is 722. The van der Waals surface area contributed by atoms with Crippen LogP contribution in [-0.4, -0.2) is 65.7 Å². The lowest BCUT2D eigenvalue weighted by molar-refractivity contribution is 0.204. The van der Waals surface area contributed by atoms with E-state index in [9.17, 15) is 0 Å². The summed E-state index contributed by atoms with van der Waals surface area (Å²) in [4.78, 5) is 9.10. The predicted octanol–water partition coefficient (Wildman–Crippen LogP) is 3.79. The number of ether oxygens (including phenoxy) is 1. The molecule has 2 unspecified atom stereocenters. The highest BCUT2D eigenvalue weighted by atomic mass is 35.5. The average molecular weight is 405 g/mol. The summed E-state index contributed by atoms with van der Waals surface area (Å²) < 4.78 is 8.06. The fourth-order valence-corrected chi connectivity index (χ4v) is 4.06. The van der Waals surface area contributed by atoms with Crippen molar-refractivity contribution < 1.29 is 4.74 Å². The van der Waals surface area contributed by atoms with E-state index in [0.29, 0.717) is 18.4 Å². The summed E-state index contributed by atoms with van der Waals surface area (Å²) in [7, 11) is 8.26. The summed E-state index contributed by atoms with van der Waals surface area (Å²) >= 11 is 6.25. The van der Waals surface area contributed by atoms with Gasteiger partial charge in [0.1, 0.15) is 11.6 Å². The number of piperidine rings is 1. The Morgan fingerprint density at radius 2 is 1.86 bits per heavy atom. The van der Waals surface area contributed by atoms with Gasteiger partial charge in [0.25, 0.3) is 0 Å². The number of benzene rings is 1. The monoisotopic (exact) mass is 404 g/mol. The molecule has 6 heteroatoms. The van der Waals surface area contributed by atoms with Gasteiger partial charge in [-0.3, -0.25) is 4.90 Å². The van der Waals surface area contributed by atoms with E-state index in [1.165, 1.54) is 18.4 Å². The highest BCUT2D eigenvalue weighted by Gasteiger charge is 2.30. The average Bonchev–Trinajstić information content (AvgIpc) is 3.10. The number of nitrogens with zero attached hydrogens (tertiary/aromatic N) is 4. The van der Waals surface area contributed by atoms with Crippen molar-refractivity contribution in [1.29, 1.82) is 0 Å². The molecule has 0 bridgehead atoms. The number of aryl methyl sites for hydroxylation is 1. The molecule has 0 N–H and O–H groups in total. The van der Waals surface area contributed by atoms with Crippen LogP contribution in [0.25, 0.3) is 0 Å². The molecule has 1 aromatic carbocycles. The van der Waals surface area contributed by atoms with Crippen LogP contribution in [-0.2, 0) is 7.05 Å². The van der Waals surface area contributed by atoms with Gasteiger partial charge < -0.3 is 14.2 Å². The van der Waals surface area contributed by atoms with Gasteiger partial charge in [-0.05, 0) is 70.7 Å². The molecule has 3 rings (SSSR count). The van der Waals surface area contributed by atoms with E-state index in [0.717, 1.165) is 31.1 Å². The third kappa shape index (κ3) is 5.28. The molecule has 154 valence electrons. The zero-order valence-electron chi connectivity index (χ0n) is 17.5. The molecule has 2 aromatic rings. The van der Waals surface area contributed by atoms with Gasteiger partial charge in [0.05, 0.1) is 12.1 Å². The third-order valence-corrected chi connectivity index (χ3v) is 6.40. The fraction of sp³-hybridized carbons (Fsp3) is 0.591. The van der Waals surface area contributed by atoms with Gasteiger partial charge in [-0.25, -0.2) is 4.98 Å². The molecular weight excluding hydrogens is 372 g/mol. The topological polar surface area (TPSA) is 33.5 Å². The zero-order chi connectivity index (χ0) is 20.1. The Morgan fingerprint density at radius 1 is 1.18 bits per heavy atom. The Kier molecular flexibility index (Phi) is 7.38. The van der Waals surface area contributed by atoms with Crippen molar-refractivity contribution >= 4 is 11.6 Å². The molecule has 1 aliphatic rings. The van der Waals surface area contributed by atoms with E-state index in [-0.39, 0.29) is 5.50 Å². The van der Waals surface area contributed by atoms with Gasteiger partial charge in [-0.15, -0.1) is 11.6 Å². The van der Waals surface area contributed by atoms with Crippen LogP contribution in [0.5, 0.6) is 5.75 Å². The molecule has 0 spiro atoms. The first kappa shape index (κ1) is 21.2. The maximum atomic E-state index is 6.25. The van der Waals surface area contributed by atoms with Crippen molar-refractivity contribution in [2.45, 2.75) is 30.7 Å². The lowest BCUT2D eigenvalue weighted by Gasteiger charge is -2.34. The molecule has 2 atom stereocenters. The number of hydrogen-bond acceptors (Lipinski definition) is 4. The van der Waals surface area contributed by atoms with E-state index in [4.69, 9.17) is 21.3 Å².